The van der Waals surface area contributed by atoms with Crippen LogP contribution >= 0.6 is 0 Å². The molecule has 21 heavy (non-hydrogen) atoms. The molecule has 1 fully saturated rings. The molecule has 1 heterocycles. The van der Waals surface area contributed by atoms with E-state index in [4.69, 9.17) is 5.73 Å². The van der Waals surface area contributed by atoms with Crippen molar-refractivity contribution in [3.05, 3.63) is 35.4 Å². The largest absolute Gasteiger partial charge is 0.393 e. The molecule has 116 valence electrons. The molecule has 2 N–H and O–H groups in total. The number of piperidine rings is 1. The second-order valence-electron chi connectivity index (χ2n) is 5.33. The van der Waals surface area contributed by atoms with Gasteiger partial charge < -0.3 is 10.6 Å². The molecule has 1 atom stereocenters. The highest BCUT2D eigenvalue weighted by Gasteiger charge is 2.42. The smallest absolute Gasteiger partial charge is 0.338 e. The van der Waals surface area contributed by atoms with Gasteiger partial charge in [0, 0.05) is 18.7 Å². The molecule has 1 aliphatic heterocycles. The molecule has 1 amide bonds. The maximum absolute atomic E-state index is 12.8. The van der Waals surface area contributed by atoms with Crippen molar-refractivity contribution in [2.24, 2.45) is 11.7 Å². The van der Waals surface area contributed by atoms with Gasteiger partial charge in [-0.05, 0) is 37.4 Å². The van der Waals surface area contributed by atoms with Crippen molar-refractivity contribution in [2.75, 3.05) is 19.6 Å². The van der Waals surface area contributed by atoms with Crippen LogP contribution < -0.4 is 5.73 Å². The summed E-state index contributed by atoms with van der Waals surface area (Å²) in [6.07, 6.45) is -3.22. The van der Waals surface area contributed by atoms with E-state index in [9.17, 15) is 18.0 Å². The Kier molecular flexibility index (Phi) is 4.88. The highest BCUT2D eigenvalue weighted by molar-refractivity contribution is 5.95. The lowest BCUT2D eigenvalue weighted by Crippen LogP contribution is -2.44. The number of hydrogen-bond acceptors (Lipinski definition) is 2. The molecule has 3 nitrogen and oxygen atoms in total. The van der Waals surface area contributed by atoms with Crippen molar-refractivity contribution in [1.29, 1.82) is 0 Å². The van der Waals surface area contributed by atoms with Gasteiger partial charge in [-0.3, -0.25) is 4.79 Å². The van der Waals surface area contributed by atoms with Gasteiger partial charge in [-0.2, -0.15) is 13.2 Å². The molecule has 6 heteroatoms. The zero-order valence-corrected chi connectivity index (χ0v) is 11.7. The van der Waals surface area contributed by atoms with Crippen LogP contribution in [0.1, 0.15) is 28.8 Å². The minimum absolute atomic E-state index is 0.0950. The van der Waals surface area contributed by atoms with Gasteiger partial charge in [-0.25, -0.2) is 0 Å². The minimum Gasteiger partial charge on any atom is -0.338 e. The molecule has 0 bridgehead atoms. The normalized spacial score (nSPS) is 19.6. The van der Waals surface area contributed by atoms with Crippen LogP contribution in [0.5, 0.6) is 0 Å². The van der Waals surface area contributed by atoms with Crippen LogP contribution in [0.3, 0.4) is 0 Å². The van der Waals surface area contributed by atoms with Crippen molar-refractivity contribution in [1.82, 2.24) is 4.90 Å². The Hall–Kier alpha value is -1.56. The van der Waals surface area contributed by atoms with E-state index in [0.29, 0.717) is 31.5 Å². The first-order chi connectivity index (χ1) is 9.93. The Labute approximate surface area is 121 Å². The van der Waals surface area contributed by atoms with Crippen LogP contribution in [0.15, 0.2) is 24.3 Å². The van der Waals surface area contributed by atoms with Gasteiger partial charge in [0.25, 0.3) is 5.91 Å². The molecular weight excluding hydrogens is 281 g/mol. The van der Waals surface area contributed by atoms with Crippen molar-refractivity contribution in [2.45, 2.75) is 25.4 Å². The zero-order valence-electron chi connectivity index (χ0n) is 11.7. The van der Waals surface area contributed by atoms with E-state index in [-0.39, 0.29) is 18.9 Å². The lowest BCUT2D eigenvalue weighted by molar-refractivity contribution is -0.184. The third kappa shape index (κ3) is 3.75. The summed E-state index contributed by atoms with van der Waals surface area (Å²) in [5.41, 5.74) is 6.77. The number of carbonyl (C=O) groups is 1. The molecule has 0 spiro atoms. The third-order valence-corrected chi connectivity index (χ3v) is 3.83. The van der Waals surface area contributed by atoms with Gasteiger partial charge in [-0.15, -0.1) is 0 Å². The Bertz CT molecular complexity index is 502. The molecule has 0 saturated carbocycles. The summed E-state index contributed by atoms with van der Waals surface area (Å²) in [5.74, 6) is -1.75. The second-order valence-corrected chi connectivity index (χ2v) is 5.33. The van der Waals surface area contributed by atoms with Crippen molar-refractivity contribution < 1.29 is 18.0 Å². The summed E-state index contributed by atoms with van der Waals surface area (Å²) in [7, 11) is 0. The first-order valence-corrected chi connectivity index (χ1v) is 7.07. The van der Waals surface area contributed by atoms with E-state index in [1.807, 2.05) is 0 Å². The van der Waals surface area contributed by atoms with Gasteiger partial charge in [0.2, 0.25) is 0 Å². The quantitative estimate of drug-likeness (QED) is 0.932. The highest BCUT2D eigenvalue weighted by atomic mass is 19.4. The fourth-order valence-corrected chi connectivity index (χ4v) is 2.70. The number of halogens is 3. The van der Waals surface area contributed by atoms with E-state index in [0.717, 1.165) is 5.56 Å². The molecule has 0 aromatic heterocycles. The Morgan fingerprint density at radius 1 is 1.33 bits per heavy atom. The van der Waals surface area contributed by atoms with Gasteiger partial charge >= 0.3 is 6.18 Å². The number of amides is 1. The van der Waals surface area contributed by atoms with Crippen LogP contribution in [0, 0.1) is 5.92 Å². The lowest BCUT2D eigenvalue weighted by Gasteiger charge is -2.34. The molecule has 1 saturated heterocycles. The lowest BCUT2D eigenvalue weighted by atomic mass is 9.96. The summed E-state index contributed by atoms with van der Waals surface area (Å²) >= 11 is 0. The number of hydrogen-bond donors (Lipinski definition) is 1. The fourth-order valence-electron chi connectivity index (χ4n) is 2.70. The number of nitrogens with zero attached hydrogens (tertiary/aromatic N) is 1. The topological polar surface area (TPSA) is 46.3 Å². The molecule has 0 aliphatic carbocycles. The van der Waals surface area contributed by atoms with Crippen molar-refractivity contribution >= 4 is 5.91 Å². The number of benzene rings is 1. The summed E-state index contributed by atoms with van der Waals surface area (Å²) in [5, 5.41) is 0. The van der Waals surface area contributed by atoms with Crippen LogP contribution in [0.2, 0.25) is 0 Å². The third-order valence-electron chi connectivity index (χ3n) is 3.83. The summed E-state index contributed by atoms with van der Waals surface area (Å²) < 4.78 is 38.5. The highest BCUT2D eigenvalue weighted by Crippen LogP contribution is 2.33. The fraction of sp³-hybridized carbons (Fsp3) is 0.533. The van der Waals surface area contributed by atoms with Crippen LogP contribution in [0.4, 0.5) is 13.2 Å². The average molecular weight is 300 g/mol. The summed E-state index contributed by atoms with van der Waals surface area (Å²) in [6.45, 7) is 0.525. The van der Waals surface area contributed by atoms with Gasteiger partial charge in [0.1, 0.15) is 0 Å². The first-order valence-electron chi connectivity index (χ1n) is 7.07. The maximum atomic E-state index is 12.8. The van der Waals surface area contributed by atoms with E-state index in [1.54, 1.807) is 24.3 Å². The van der Waals surface area contributed by atoms with Gasteiger partial charge in [0.05, 0.1) is 5.92 Å². The Balaban J connectivity index is 2.16. The standard InChI is InChI=1S/C15H19F3N2O/c16-15(17,18)12-5-3-9-20(10-12)14(21)13-6-2-1-4-11(13)7-8-19/h1-2,4,6,12H,3,5,7-10,19H2. The SMILES string of the molecule is NCCc1ccccc1C(=O)N1CCCC(C(F)(F)F)C1. The number of alkyl halides is 3. The molecule has 1 aromatic rings. The predicted molar refractivity (Wildman–Crippen MR) is 73.9 cm³/mol. The van der Waals surface area contributed by atoms with Crippen molar-refractivity contribution in [3.63, 3.8) is 0 Å². The summed E-state index contributed by atoms with van der Waals surface area (Å²) in [4.78, 5) is 13.8. The van der Waals surface area contributed by atoms with E-state index in [2.05, 4.69) is 0 Å². The van der Waals surface area contributed by atoms with Gasteiger partial charge in [0.15, 0.2) is 0 Å². The molecule has 0 radical (unpaired) electrons. The van der Waals surface area contributed by atoms with Crippen molar-refractivity contribution in [3.8, 4) is 0 Å². The van der Waals surface area contributed by atoms with Crippen LogP contribution in [0.25, 0.3) is 0 Å². The predicted octanol–water partition coefficient (Wildman–Crippen LogP) is 2.60. The van der Waals surface area contributed by atoms with E-state index in [1.165, 1.54) is 4.90 Å². The molecule has 1 aliphatic rings. The summed E-state index contributed by atoms with van der Waals surface area (Å²) in [6, 6.07) is 6.98. The van der Waals surface area contributed by atoms with Gasteiger partial charge in [-0.1, -0.05) is 18.2 Å². The van der Waals surface area contributed by atoms with E-state index >= 15 is 0 Å². The maximum Gasteiger partial charge on any atom is 0.393 e. The van der Waals surface area contributed by atoms with Crippen LogP contribution in [-0.4, -0.2) is 36.6 Å². The average Bonchev–Trinajstić information content (AvgIpc) is 2.47. The second kappa shape index (κ2) is 6.47. The van der Waals surface area contributed by atoms with Crippen LogP contribution in [-0.2, 0) is 6.42 Å². The number of carbonyl (C=O) groups excluding carboxylic acids is 1. The molecule has 1 aromatic carbocycles. The molecular formula is C15H19F3N2O. The Morgan fingerprint density at radius 3 is 2.71 bits per heavy atom. The molecule has 2 rings (SSSR count). The number of nitrogens with two attached hydrogens (primary N) is 1. The van der Waals surface area contributed by atoms with E-state index < -0.39 is 12.1 Å². The molecule has 1 unspecified atom stereocenters. The first kappa shape index (κ1) is 15.8. The number of likely N-dealkylation sites (tertiary alicyclic amines) is 1. The monoisotopic (exact) mass is 300 g/mol. The Morgan fingerprint density at radius 2 is 2.05 bits per heavy atom. The zero-order chi connectivity index (χ0) is 15.5. The minimum atomic E-state index is -4.24. The number of rotatable bonds is 3.